The number of rotatable bonds is 3. The van der Waals surface area contributed by atoms with E-state index < -0.39 is 23.1 Å². The van der Waals surface area contributed by atoms with Gasteiger partial charge in [0.15, 0.2) is 11.0 Å². The molecule has 0 atom stereocenters. The summed E-state index contributed by atoms with van der Waals surface area (Å²) in [7, 11) is 1.64. The summed E-state index contributed by atoms with van der Waals surface area (Å²) in [6.07, 6.45) is -1.82. The molecule has 0 saturated carbocycles. The van der Waals surface area contributed by atoms with E-state index >= 15 is 0 Å². The molecule has 0 aliphatic rings. The third-order valence-corrected chi connectivity index (χ3v) is 4.55. The maximum absolute atomic E-state index is 13.4. The molecular weight excluding hydrogens is 399 g/mol. The summed E-state index contributed by atoms with van der Waals surface area (Å²) < 4.78 is 47.4. The van der Waals surface area contributed by atoms with Crippen molar-refractivity contribution >= 4 is 22.6 Å². The van der Waals surface area contributed by atoms with Gasteiger partial charge in [-0.15, -0.1) is 0 Å². The second-order valence-electron chi connectivity index (χ2n) is 6.54. The molecule has 0 bridgehead atoms. The number of imidazole rings is 1. The van der Waals surface area contributed by atoms with Crippen LogP contribution in [-0.2, 0) is 13.2 Å². The van der Waals surface area contributed by atoms with Gasteiger partial charge in [0.05, 0.1) is 29.2 Å². The summed E-state index contributed by atoms with van der Waals surface area (Å²) in [4.78, 5) is 29.0. The van der Waals surface area contributed by atoms with Gasteiger partial charge < -0.3 is 14.3 Å². The first-order valence-electron chi connectivity index (χ1n) is 8.77. The number of alkyl halides is 3. The highest BCUT2D eigenvalue weighted by molar-refractivity contribution is 6.07. The molecule has 4 rings (SSSR count). The average Bonchev–Trinajstić information content (AvgIpc) is 3.14. The molecule has 0 saturated heterocycles. The molecule has 0 aliphatic carbocycles. The molecule has 2 heterocycles. The molecule has 4 aromatic rings. The van der Waals surface area contributed by atoms with Gasteiger partial charge in [-0.3, -0.25) is 9.59 Å². The number of hydrogen-bond donors (Lipinski definition) is 1. The minimum atomic E-state index is -4.63. The van der Waals surface area contributed by atoms with Gasteiger partial charge in [0.1, 0.15) is 11.5 Å². The Kier molecular flexibility index (Phi) is 4.65. The smallest absolute Gasteiger partial charge is 0.417 e. The van der Waals surface area contributed by atoms with E-state index in [1.165, 1.54) is 47.4 Å². The normalized spacial score (nSPS) is 11.6. The van der Waals surface area contributed by atoms with E-state index in [-0.39, 0.29) is 33.7 Å². The first kappa shape index (κ1) is 19.4. The van der Waals surface area contributed by atoms with Crippen LogP contribution in [0.5, 0.6) is 0 Å². The Morgan fingerprint density at radius 2 is 1.90 bits per heavy atom. The van der Waals surface area contributed by atoms with Crippen molar-refractivity contribution in [3.63, 3.8) is 0 Å². The lowest BCUT2D eigenvalue weighted by molar-refractivity contribution is -0.137. The monoisotopic (exact) mass is 413 g/mol. The number of hydrogen-bond acceptors (Lipinski definition) is 4. The summed E-state index contributed by atoms with van der Waals surface area (Å²) in [6, 6.07) is 10.3. The van der Waals surface area contributed by atoms with E-state index in [9.17, 15) is 22.8 Å². The van der Waals surface area contributed by atoms with Crippen LogP contribution in [0.25, 0.3) is 22.3 Å². The molecule has 9 heteroatoms. The van der Waals surface area contributed by atoms with Crippen LogP contribution in [0.3, 0.4) is 0 Å². The number of anilines is 1. The van der Waals surface area contributed by atoms with Crippen LogP contribution in [0.15, 0.2) is 70.3 Å². The molecule has 2 aromatic heterocycles. The molecule has 6 nitrogen and oxygen atoms in total. The van der Waals surface area contributed by atoms with E-state index in [0.717, 1.165) is 12.1 Å². The molecule has 30 heavy (non-hydrogen) atoms. The fourth-order valence-electron chi connectivity index (χ4n) is 3.12. The highest BCUT2D eigenvalue weighted by atomic mass is 19.4. The van der Waals surface area contributed by atoms with Crippen LogP contribution in [0.4, 0.5) is 18.9 Å². The standard InChI is InChI=1S/C21H14F3N3O3/c1-27-11-25-10-16(27)20(29)26-15-8-4-6-13-17(28)9-18(30-19(13)15)12-5-2-3-7-14(12)21(22,23)24/h2-11H,1H3,(H,26,29). The van der Waals surface area contributed by atoms with Crippen molar-refractivity contribution in [3.05, 3.63) is 82.5 Å². The highest BCUT2D eigenvalue weighted by Crippen LogP contribution is 2.37. The minimum absolute atomic E-state index is 0.0208. The molecule has 152 valence electrons. The van der Waals surface area contributed by atoms with E-state index in [1.807, 2.05) is 0 Å². The third-order valence-electron chi connectivity index (χ3n) is 4.55. The lowest BCUT2D eigenvalue weighted by Gasteiger charge is -2.13. The number of amides is 1. The van der Waals surface area contributed by atoms with Crippen LogP contribution in [0.1, 0.15) is 16.1 Å². The van der Waals surface area contributed by atoms with Crippen LogP contribution in [0.2, 0.25) is 0 Å². The first-order valence-corrected chi connectivity index (χ1v) is 8.77. The Balaban J connectivity index is 1.87. The van der Waals surface area contributed by atoms with Gasteiger partial charge in [0.25, 0.3) is 5.91 Å². The topological polar surface area (TPSA) is 77.1 Å². The summed E-state index contributed by atoms with van der Waals surface area (Å²) in [5.41, 5.74) is -1.33. The van der Waals surface area contributed by atoms with Gasteiger partial charge in [-0.25, -0.2) is 4.98 Å². The molecule has 0 radical (unpaired) electrons. The van der Waals surface area contributed by atoms with E-state index in [2.05, 4.69) is 10.3 Å². The van der Waals surface area contributed by atoms with Crippen LogP contribution in [-0.4, -0.2) is 15.5 Å². The third kappa shape index (κ3) is 3.45. The zero-order valence-electron chi connectivity index (χ0n) is 15.5. The number of para-hydroxylation sites is 1. The zero-order valence-corrected chi connectivity index (χ0v) is 15.5. The van der Waals surface area contributed by atoms with Gasteiger partial charge in [0, 0.05) is 18.7 Å². The Labute approximate surface area is 167 Å². The summed E-state index contributed by atoms with van der Waals surface area (Å²) in [5.74, 6) is -0.756. The molecule has 0 aliphatic heterocycles. The second-order valence-corrected chi connectivity index (χ2v) is 6.54. The van der Waals surface area contributed by atoms with Crippen molar-refractivity contribution in [2.45, 2.75) is 6.18 Å². The largest absolute Gasteiger partial charge is 0.454 e. The predicted molar refractivity (Wildman–Crippen MR) is 104 cm³/mol. The number of halogens is 3. The Hall–Kier alpha value is -3.88. The first-order chi connectivity index (χ1) is 14.3. The van der Waals surface area contributed by atoms with Crippen LogP contribution >= 0.6 is 0 Å². The Morgan fingerprint density at radius 1 is 1.13 bits per heavy atom. The van der Waals surface area contributed by atoms with Crippen LogP contribution in [0, 0.1) is 0 Å². The second kappa shape index (κ2) is 7.18. The van der Waals surface area contributed by atoms with Crippen molar-refractivity contribution in [1.29, 1.82) is 0 Å². The van der Waals surface area contributed by atoms with Gasteiger partial charge in [-0.1, -0.05) is 24.3 Å². The molecule has 0 fully saturated rings. The maximum atomic E-state index is 13.4. The van der Waals surface area contributed by atoms with E-state index in [1.54, 1.807) is 13.1 Å². The molecule has 2 aromatic carbocycles. The average molecular weight is 413 g/mol. The Bertz CT molecular complexity index is 1320. The fraction of sp³-hybridized carbons (Fsp3) is 0.0952. The summed E-state index contributed by atoms with van der Waals surface area (Å²) in [5, 5.41) is 2.75. The number of fused-ring (bicyclic) bond motifs is 1. The highest BCUT2D eigenvalue weighted by Gasteiger charge is 2.34. The minimum Gasteiger partial charge on any atom is -0.454 e. The number of aryl methyl sites for hydroxylation is 1. The van der Waals surface area contributed by atoms with Crippen LogP contribution < -0.4 is 10.7 Å². The SMILES string of the molecule is Cn1cncc1C(=O)Nc1cccc2c(=O)cc(-c3ccccc3C(F)(F)F)oc12. The predicted octanol–water partition coefficient (Wildman–Crippen LogP) is 4.46. The summed E-state index contributed by atoms with van der Waals surface area (Å²) >= 11 is 0. The lowest BCUT2D eigenvalue weighted by Crippen LogP contribution is -2.16. The number of nitrogens with zero attached hydrogens (tertiary/aromatic N) is 2. The molecule has 1 N–H and O–H groups in total. The molecule has 0 unspecified atom stereocenters. The quantitative estimate of drug-likeness (QED) is 0.538. The number of aromatic nitrogens is 2. The maximum Gasteiger partial charge on any atom is 0.417 e. The zero-order chi connectivity index (χ0) is 21.5. The fourth-order valence-corrected chi connectivity index (χ4v) is 3.12. The molecular formula is C21H14F3N3O3. The Morgan fingerprint density at radius 3 is 2.60 bits per heavy atom. The van der Waals surface area contributed by atoms with Gasteiger partial charge in [-0.2, -0.15) is 13.2 Å². The van der Waals surface area contributed by atoms with E-state index in [0.29, 0.717) is 0 Å². The number of nitrogens with one attached hydrogen (secondary N) is 1. The van der Waals surface area contributed by atoms with Gasteiger partial charge in [0.2, 0.25) is 0 Å². The van der Waals surface area contributed by atoms with Gasteiger partial charge >= 0.3 is 6.18 Å². The van der Waals surface area contributed by atoms with Crippen molar-refractivity contribution in [2.24, 2.45) is 7.05 Å². The molecule has 1 amide bonds. The van der Waals surface area contributed by atoms with Crippen molar-refractivity contribution in [3.8, 4) is 11.3 Å². The number of benzene rings is 2. The summed E-state index contributed by atoms with van der Waals surface area (Å²) in [6.45, 7) is 0. The van der Waals surface area contributed by atoms with Crippen molar-refractivity contribution in [2.75, 3.05) is 5.32 Å². The lowest BCUT2D eigenvalue weighted by atomic mass is 10.0. The van der Waals surface area contributed by atoms with E-state index in [4.69, 9.17) is 4.42 Å². The molecule has 0 spiro atoms. The van der Waals surface area contributed by atoms with Crippen molar-refractivity contribution < 1.29 is 22.4 Å². The van der Waals surface area contributed by atoms with Gasteiger partial charge in [-0.05, 0) is 18.2 Å². The number of carbonyl (C=O) groups excluding carboxylic acids is 1. The number of carbonyl (C=O) groups is 1. The van der Waals surface area contributed by atoms with Crippen molar-refractivity contribution in [1.82, 2.24) is 9.55 Å².